The van der Waals surface area contributed by atoms with Crippen LogP contribution in [0.1, 0.15) is 43.5 Å². The molecule has 3 aromatic rings. The van der Waals surface area contributed by atoms with E-state index in [4.69, 9.17) is 9.72 Å². The van der Waals surface area contributed by atoms with E-state index in [0.29, 0.717) is 29.5 Å². The quantitative estimate of drug-likeness (QED) is 0.544. The minimum absolute atomic E-state index is 0.531. The highest BCUT2D eigenvalue weighted by atomic mass is 16.5. The average molecular weight is 464 g/mol. The molecule has 0 spiro atoms. The fourth-order valence-electron chi connectivity index (χ4n) is 5.22. The molecule has 10 heteroatoms. The van der Waals surface area contributed by atoms with Crippen LogP contribution < -0.4 is 15.4 Å². The summed E-state index contributed by atoms with van der Waals surface area (Å²) in [6.45, 7) is 7.36. The van der Waals surface area contributed by atoms with Crippen molar-refractivity contribution in [3.05, 3.63) is 35.8 Å². The standard InChI is InChI=1S/C24H33N9O/c1-16-14-26-24(27-19-11-20(13-21(12-19)34-3)33-17(2)29-30-31-33)28-23(16)25-15-18-7-6-10-32-9-5-4-8-22(18)32/h11-14,18,22H,4-10,15H2,1-3H3,(H2,25,26,27,28)/t18-,22+/m0/s1. The van der Waals surface area contributed by atoms with E-state index in [0.717, 1.165) is 29.3 Å². The summed E-state index contributed by atoms with van der Waals surface area (Å²) in [4.78, 5) is 12.0. The lowest BCUT2D eigenvalue weighted by Gasteiger charge is -2.44. The Balaban J connectivity index is 1.32. The number of fused-ring (bicyclic) bond motifs is 1. The number of rotatable bonds is 7. The highest BCUT2D eigenvalue weighted by Gasteiger charge is 2.32. The van der Waals surface area contributed by atoms with Crippen molar-refractivity contribution in [1.29, 1.82) is 0 Å². The smallest absolute Gasteiger partial charge is 0.229 e. The number of aryl methyl sites for hydroxylation is 2. The van der Waals surface area contributed by atoms with E-state index in [2.05, 4.69) is 36.0 Å². The van der Waals surface area contributed by atoms with E-state index in [1.54, 1.807) is 11.8 Å². The molecule has 34 heavy (non-hydrogen) atoms. The van der Waals surface area contributed by atoms with Crippen molar-refractivity contribution in [3.8, 4) is 11.4 Å². The van der Waals surface area contributed by atoms with Gasteiger partial charge in [-0.05, 0) is 75.0 Å². The Morgan fingerprint density at radius 3 is 2.79 bits per heavy atom. The van der Waals surface area contributed by atoms with E-state index < -0.39 is 0 Å². The zero-order chi connectivity index (χ0) is 23.5. The molecule has 0 amide bonds. The minimum Gasteiger partial charge on any atom is -0.497 e. The number of aromatic nitrogens is 6. The third kappa shape index (κ3) is 4.82. The number of anilines is 3. The topological polar surface area (TPSA) is 106 Å². The van der Waals surface area contributed by atoms with E-state index in [-0.39, 0.29) is 0 Å². The molecule has 4 heterocycles. The Morgan fingerprint density at radius 2 is 1.97 bits per heavy atom. The summed E-state index contributed by atoms with van der Waals surface area (Å²) in [6, 6.07) is 6.44. The van der Waals surface area contributed by atoms with Gasteiger partial charge in [0, 0.05) is 42.2 Å². The van der Waals surface area contributed by atoms with Crippen molar-refractivity contribution in [3.63, 3.8) is 0 Å². The highest BCUT2D eigenvalue weighted by Crippen LogP contribution is 2.31. The van der Waals surface area contributed by atoms with Crippen molar-refractivity contribution in [2.75, 3.05) is 37.4 Å². The third-order valence-electron chi connectivity index (χ3n) is 6.99. The maximum atomic E-state index is 5.48. The second-order valence-corrected chi connectivity index (χ2v) is 9.29. The van der Waals surface area contributed by atoms with Crippen molar-refractivity contribution in [2.24, 2.45) is 5.92 Å². The van der Waals surface area contributed by atoms with Gasteiger partial charge in [-0.25, -0.2) is 4.98 Å². The number of methoxy groups -OCH3 is 1. The Hall–Kier alpha value is -3.27. The van der Waals surface area contributed by atoms with Gasteiger partial charge in [-0.2, -0.15) is 9.67 Å². The summed E-state index contributed by atoms with van der Waals surface area (Å²) in [7, 11) is 1.64. The molecule has 10 nitrogen and oxygen atoms in total. The van der Waals surface area contributed by atoms with E-state index in [1.807, 2.05) is 38.2 Å². The van der Waals surface area contributed by atoms with Gasteiger partial charge in [0.15, 0.2) is 5.82 Å². The lowest BCUT2D eigenvalue weighted by molar-refractivity contribution is 0.0649. The predicted octanol–water partition coefficient (Wildman–Crippen LogP) is 3.50. The second-order valence-electron chi connectivity index (χ2n) is 9.29. The molecular formula is C24H33N9O. The number of ether oxygens (including phenoxy) is 1. The summed E-state index contributed by atoms with van der Waals surface area (Å²) in [5.74, 6) is 3.46. The SMILES string of the molecule is COc1cc(Nc2ncc(C)c(NC[C@@H]3CCCN4CCCC[C@H]34)n2)cc(-n2nnnc2C)c1. The molecule has 0 bridgehead atoms. The molecule has 5 rings (SSSR count). The van der Waals surface area contributed by atoms with E-state index >= 15 is 0 Å². The molecule has 2 saturated heterocycles. The minimum atomic E-state index is 0.531. The lowest BCUT2D eigenvalue weighted by Crippen LogP contribution is -2.49. The molecule has 180 valence electrons. The van der Waals surface area contributed by atoms with Crippen molar-refractivity contribution in [2.45, 2.75) is 52.0 Å². The van der Waals surface area contributed by atoms with E-state index in [9.17, 15) is 0 Å². The molecule has 2 aliphatic heterocycles. The first-order valence-electron chi connectivity index (χ1n) is 12.1. The van der Waals surface area contributed by atoms with Gasteiger partial charge < -0.3 is 20.3 Å². The normalized spacial score (nSPS) is 20.6. The van der Waals surface area contributed by atoms with Gasteiger partial charge >= 0.3 is 0 Å². The maximum absolute atomic E-state index is 5.48. The fraction of sp³-hybridized carbons (Fsp3) is 0.542. The molecule has 2 aromatic heterocycles. The zero-order valence-corrected chi connectivity index (χ0v) is 20.2. The van der Waals surface area contributed by atoms with Crippen LogP contribution in [0.15, 0.2) is 24.4 Å². The molecule has 2 atom stereocenters. The summed E-state index contributed by atoms with van der Waals surface area (Å²) in [5.41, 5.74) is 2.63. The van der Waals surface area contributed by atoms with Gasteiger partial charge in [-0.15, -0.1) is 5.10 Å². The van der Waals surface area contributed by atoms with Crippen LogP contribution in [0.25, 0.3) is 5.69 Å². The number of hydrogen-bond acceptors (Lipinski definition) is 9. The Labute approximate surface area is 200 Å². The van der Waals surface area contributed by atoms with Crippen LogP contribution >= 0.6 is 0 Å². The second kappa shape index (κ2) is 9.92. The van der Waals surface area contributed by atoms with Gasteiger partial charge in [0.2, 0.25) is 5.95 Å². The molecule has 2 fully saturated rings. The van der Waals surface area contributed by atoms with Crippen molar-refractivity contribution < 1.29 is 4.74 Å². The zero-order valence-electron chi connectivity index (χ0n) is 20.2. The number of piperidine rings is 2. The first-order valence-corrected chi connectivity index (χ1v) is 12.1. The third-order valence-corrected chi connectivity index (χ3v) is 6.99. The molecule has 0 unspecified atom stereocenters. The largest absolute Gasteiger partial charge is 0.497 e. The summed E-state index contributed by atoms with van der Waals surface area (Å²) >= 11 is 0. The Bertz CT molecular complexity index is 1130. The molecule has 0 saturated carbocycles. The van der Waals surface area contributed by atoms with Gasteiger partial charge in [-0.3, -0.25) is 0 Å². The Morgan fingerprint density at radius 1 is 1.09 bits per heavy atom. The number of nitrogens with zero attached hydrogens (tertiary/aromatic N) is 7. The van der Waals surface area contributed by atoms with Crippen LogP contribution in [-0.4, -0.2) is 67.9 Å². The summed E-state index contributed by atoms with van der Waals surface area (Å²) in [5, 5.41) is 18.7. The molecule has 0 radical (unpaired) electrons. The first kappa shape index (κ1) is 22.5. The molecule has 2 N–H and O–H groups in total. The highest BCUT2D eigenvalue weighted by molar-refractivity contribution is 5.62. The van der Waals surface area contributed by atoms with Crippen LogP contribution in [0.2, 0.25) is 0 Å². The van der Waals surface area contributed by atoms with Crippen LogP contribution in [0.4, 0.5) is 17.5 Å². The summed E-state index contributed by atoms with van der Waals surface area (Å²) in [6.07, 6.45) is 8.45. The lowest BCUT2D eigenvalue weighted by atomic mass is 9.83. The fourth-order valence-corrected chi connectivity index (χ4v) is 5.22. The Kier molecular flexibility index (Phi) is 6.57. The molecule has 1 aromatic carbocycles. The van der Waals surface area contributed by atoms with Crippen LogP contribution in [-0.2, 0) is 0 Å². The number of nitrogens with one attached hydrogen (secondary N) is 2. The maximum Gasteiger partial charge on any atom is 0.229 e. The van der Waals surface area contributed by atoms with Crippen LogP contribution in [0, 0.1) is 19.8 Å². The van der Waals surface area contributed by atoms with E-state index in [1.165, 1.54) is 45.2 Å². The first-order chi connectivity index (χ1) is 16.6. The average Bonchev–Trinajstić information content (AvgIpc) is 3.30. The van der Waals surface area contributed by atoms with Gasteiger partial charge in [0.1, 0.15) is 11.6 Å². The van der Waals surface area contributed by atoms with Crippen molar-refractivity contribution >= 4 is 17.5 Å². The van der Waals surface area contributed by atoms with Crippen LogP contribution in [0.3, 0.4) is 0 Å². The number of hydrogen-bond donors (Lipinski definition) is 2. The van der Waals surface area contributed by atoms with Crippen LogP contribution in [0.5, 0.6) is 5.75 Å². The van der Waals surface area contributed by atoms with Crippen molar-refractivity contribution in [1.82, 2.24) is 35.1 Å². The van der Waals surface area contributed by atoms with Gasteiger partial charge in [0.25, 0.3) is 0 Å². The number of benzene rings is 1. The summed E-state index contributed by atoms with van der Waals surface area (Å²) < 4.78 is 7.15. The number of tetrazole rings is 1. The predicted molar refractivity (Wildman–Crippen MR) is 131 cm³/mol. The van der Waals surface area contributed by atoms with Gasteiger partial charge in [-0.1, -0.05) is 6.42 Å². The monoisotopic (exact) mass is 463 g/mol. The molecule has 0 aliphatic carbocycles. The van der Waals surface area contributed by atoms with Gasteiger partial charge in [0.05, 0.1) is 12.8 Å². The molecule has 2 aliphatic rings. The molecular weight excluding hydrogens is 430 g/mol.